The highest BCUT2D eigenvalue weighted by molar-refractivity contribution is 5.99. The molecule has 1 heterocycles. The first-order chi connectivity index (χ1) is 15.6. The van der Waals surface area contributed by atoms with Gasteiger partial charge in [-0.25, -0.2) is 0 Å². The second kappa shape index (κ2) is 10.1. The summed E-state index contributed by atoms with van der Waals surface area (Å²) in [5.74, 6) is -0.351. The van der Waals surface area contributed by atoms with Crippen LogP contribution in [-0.2, 0) is 11.0 Å². The Balaban J connectivity index is 1.66. The Bertz CT molecular complexity index is 986. The SMILES string of the molecule is COc1ccccc1C(=O)N[C@H](C(=O)N1CCN(c2cccc(C(F)(F)F)c2)CC1)C(C)C. The molecule has 6 nitrogen and oxygen atoms in total. The molecule has 1 N–H and O–H groups in total. The maximum Gasteiger partial charge on any atom is 0.416 e. The number of para-hydroxylation sites is 1. The van der Waals surface area contributed by atoms with E-state index >= 15 is 0 Å². The van der Waals surface area contributed by atoms with Crippen LogP contribution in [0.4, 0.5) is 18.9 Å². The predicted octanol–water partition coefficient (Wildman–Crippen LogP) is 3.82. The Morgan fingerprint density at radius 2 is 1.67 bits per heavy atom. The molecule has 1 aliphatic heterocycles. The lowest BCUT2D eigenvalue weighted by atomic mass is 10.0. The van der Waals surface area contributed by atoms with Crippen molar-refractivity contribution in [3.63, 3.8) is 0 Å². The number of ether oxygens (including phenoxy) is 1. The standard InChI is InChI=1S/C24H28F3N3O3/c1-16(2)21(28-22(31)19-9-4-5-10-20(19)33-3)23(32)30-13-11-29(12-14-30)18-8-6-7-17(15-18)24(25,26)27/h4-10,15-16,21H,11-14H2,1-3H3,(H,28,31)/t21-/m0/s1. The number of piperazine rings is 1. The van der Waals surface area contributed by atoms with Gasteiger partial charge in [-0.15, -0.1) is 0 Å². The van der Waals surface area contributed by atoms with Crippen LogP contribution >= 0.6 is 0 Å². The number of nitrogens with one attached hydrogen (secondary N) is 1. The summed E-state index contributed by atoms with van der Waals surface area (Å²) in [5.41, 5.74) is 0.118. The summed E-state index contributed by atoms with van der Waals surface area (Å²) >= 11 is 0. The lowest BCUT2D eigenvalue weighted by molar-refractivity contribution is -0.137. The minimum absolute atomic E-state index is 0.155. The first-order valence-electron chi connectivity index (χ1n) is 10.8. The average molecular weight is 464 g/mol. The van der Waals surface area contributed by atoms with Crippen LogP contribution in [0.15, 0.2) is 48.5 Å². The first kappa shape index (κ1) is 24.4. The van der Waals surface area contributed by atoms with Gasteiger partial charge in [0.2, 0.25) is 5.91 Å². The number of nitrogens with zero attached hydrogens (tertiary/aromatic N) is 2. The molecule has 0 radical (unpaired) electrons. The lowest BCUT2D eigenvalue weighted by Crippen LogP contribution is -2.56. The molecule has 1 aliphatic rings. The molecule has 0 aromatic heterocycles. The van der Waals surface area contributed by atoms with Gasteiger partial charge in [0.05, 0.1) is 18.2 Å². The fourth-order valence-electron chi connectivity index (χ4n) is 3.83. The molecule has 1 fully saturated rings. The average Bonchev–Trinajstić information content (AvgIpc) is 2.81. The first-order valence-corrected chi connectivity index (χ1v) is 10.8. The number of amides is 2. The fourth-order valence-corrected chi connectivity index (χ4v) is 3.83. The smallest absolute Gasteiger partial charge is 0.416 e. The Morgan fingerprint density at radius 1 is 1.00 bits per heavy atom. The van der Waals surface area contributed by atoms with E-state index in [0.29, 0.717) is 43.2 Å². The molecule has 0 unspecified atom stereocenters. The fraction of sp³-hybridized carbons (Fsp3) is 0.417. The third-order valence-corrected chi connectivity index (χ3v) is 5.70. The maximum absolute atomic E-state index is 13.2. The number of hydrogen-bond acceptors (Lipinski definition) is 4. The molecule has 2 amide bonds. The molecule has 0 spiro atoms. The van der Waals surface area contributed by atoms with Crippen molar-refractivity contribution in [1.82, 2.24) is 10.2 Å². The van der Waals surface area contributed by atoms with Gasteiger partial charge in [-0.2, -0.15) is 13.2 Å². The Kier molecular flexibility index (Phi) is 7.50. The van der Waals surface area contributed by atoms with E-state index in [1.807, 2.05) is 18.7 Å². The molecular formula is C24H28F3N3O3. The number of benzene rings is 2. The molecule has 178 valence electrons. The second-order valence-electron chi connectivity index (χ2n) is 8.26. The molecule has 2 aromatic rings. The van der Waals surface area contributed by atoms with Crippen LogP contribution in [0.2, 0.25) is 0 Å². The summed E-state index contributed by atoms with van der Waals surface area (Å²) in [7, 11) is 1.47. The van der Waals surface area contributed by atoms with E-state index in [1.54, 1.807) is 35.2 Å². The van der Waals surface area contributed by atoms with Crippen molar-refractivity contribution >= 4 is 17.5 Å². The van der Waals surface area contributed by atoms with Crippen LogP contribution in [0.3, 0.4) is 0 Å². The molecule has 9 heteroatoms. The molecule has 2 aromatic carbocycles. The molecule has 0 bridgehead atoms. The van der Waals surface area contributed by atoms with Gasteiger partial charge in [0.15, 0.2) is 0 Å². The Morgan fingerprint density at radius 3 is 2.27 bits per heavy atom. The van der Waals surface area contributed by atoms with Crippen LogP contribution in [0.25, 0.3) is 0 Å². The minimum atomic E-state index is -4.40. The predicted molar refractivity (Wildman–Crippen MR) is 119 cm³/mol. The van der Waals surface area contributed by atoms with Crippen LogP contribution in [-0.4, -0.2) is 56.0 Å². The molecular weight excluding hydrogens is 435 g/mol. The van der Waals surface area contributed by atoms with Crippen molar-refractivity contribution < 1.29 is 27.5 Å². The topological polar surface area (TPSA) is 61.9 Å². The van der Waals surface area contributed by atoms with Crippen molar-refractivity contribution in [3.05, 3.63) is 59.7 Å². The lowest BCUT2D eigenvalue weighted by Gasteiger charge is -2.38. The summed E-state index contributed by atoms with van der Waals surface area (Å²) in [6.07, 6.45) is -4.40. The van der Waals surface area contributed by atoms with Crippen LogP contribution in [0.5, 0.6) is 5.75 Å². The van der Waals surface area contributed by atoms with Gasteiger partial charge >= 0.3 is 6.18 Å². The van der Waals surface area contributed by atoms with Gasteiger partial charge in [-0.05, 0) is 36.2 Å². The van der Waals surface area contributed by atoms with Crippen molar-refractivity contribution in [2.75, 3.05) is 38.2 Å². The number of anilines is 1. The summed E-state index contributed by atoms with van der Waals surface area (Å²) < 4.78 is 44.3. The number of methoxy groups -OCH3 is 1. The third kappa shape index (κ3) is 5.77. The number of halogens is 3. The molecule has 33 heavy (non-hydrogen) atoms. The van der Waals surface area contributed by atoms with E-state index in [9.17, 15) is 22.8 Å². The van der Waals surface area contributed by atoms with Crippen LogP contribution < -0.4 is 15.0 Å². The molecule has 0 saturated carbocycles. The monoisotopic (exact) mass is 463 g/mol. The van der Waals surface area contributed by atoms with E-state index in [-0.39, 0.29) is 11.8 Å². The zero-order valence-corrected chi connectivity index (χ0v) is 18.9. The highest BCUT2D eigenvalue weighted by Crippen LogP contribution is 2.32. The quantitative estimate of drug-likeness (QED) is 0.708. The maximum atomic E-state index is 13.2. The minimum Gasteiger partial charge on any atom is -0.496 e. The number of hydrogen-bond donors (Lipinski definition) is 1. The number of alkyl halides is 3. The number of carbonyl (C=O) groups is 2. The van der Waals surface area contributed by atoms with Gasteiger partial charge in [0, 0.05) is 31.9 Å². The van der Waals surface area contributed by atoms with Crippen molar-refractivity contribution in [3.8, 4) is 5.75 Å². The second-order valence-corrected chi connectivity index (χ2v) is 8.26. The van der Waals surface area contributed by atoms with Crippen molar-refractivity contribution in [1.29, 1.82) is 0 Å². The van der Waals surface area contributed by atoms with E-state index in [2.05, 4.69) is 5.32 Å². The van der Waals surface area contributed by atoms with Gasteiger partial charge in [0.1, 0.15) is 11.8 Å². The molecule has 0 aliphatic carbocycles. The molecule has 1 saturated heterocycles. The number of carbonyl (C=O) groups excluding carboxylic acids is 2. The third-order valence-electron chi connectivity index (χ3n) is 5.70. The van der Waals surface area contributed by atoms with E-state index in [0.717, 1.165) is 12.1 Å². The Hall–Kier alpha value is -3.23. The zero-order valence-electron chi connectivity index (χ0n) is 18.9. The van der Waals surface area contributed by atoms with Crippen molar-refractivity contribution in [2.24, 2.45) is 5.92 Å². The van der Waals surface area contributed by atoms with Crippen LogP contribution in [0.1, 0.15) is 29.8 Å². The van der Waals surface area contributed by atoms with E-state index in [1.165, 1.54) is 13.2 Å². The Labute approximate surface area is 191 Å². The van der Waals surface area contributed by atoms with E-state index in [4.69, 9.17) is 4.74 Å². The van der Waals surface area contributed by atoms with Gasteiger partial charge in [-0.1, -0.05) is 32.0 Å². The largest absolute Gasteiger partial charge is 0.496 e. The molecule has 3 rings (SSSR count). The van der Waals surface area contributed by atoms with E-state index < -0.39 is 23.7 Å². The summed E-state index contributed by atoms with van der Waals surface area (Å²) in [6.45, 7) is 5.20. The van der Waals surface area contributed by atoms with Crippen molar-refractivity contribution in [2.45, 2.75) is 26.1 Å². The molecule has 1 atom stereocenters. The highest BCUT2D eigenvalue weighted by Gasteiger charge is 2.33. The van der Waals surface area contributed by atoms with Gasteiger partial charge in [0.25, 0.3) is 5.91 Å². The van der Waals surface area contributed by atoms with Gasteiger partial charge in [-0.3, -0.25) is 9.59 Å². The summed E-state index contributed by atoms with van der Waals surface area (Å²) in [5, 5.41) is 2.82. The summed E-state index contributed by atoms with van der Waals surface area (Å²) in [4.78, 5) is 29.5. The summed E-state index contributed by atoms with van der Waals surface area (Å²) in [6, 6.07) is 11.2. The highest BCUT2D eigenvalue weighted by atomic mass is 19.4. The van der Waals surface area contributed by atoms with Crippen LogP contribution in [0, 0.1) is 5.92 Å². The normalized spacial score (nSPS) is 15.4. The number of rotatable bonds is 6. The zero-order chi connectivity index (χ0) is 24.2. The van der Waals surface area contributed by atoms with Gasteiger partial charge < -0.3 is 19.9 Å².